The number of hydrogen-bond acceptors (Lipinski definition) is 6. The minimum absolute atomic E-state index is 0.00295. The molecule has 2 aliphatic rings. The summed E-state index contributed by atoms with van der Waals surface area (Å²) in [5.41, 5.74) is 0.362. The molecule has 9 nitrogen and oxygen atoms in total. The number of halogens is 1. The Bertz CT molecular complexity index is 1340. The van der Waals surface area contributed by atoms with E-state index < -0.39 is 23.4 Å². The van der Waals surface area contributed by atoms with Gasteiger partial charge in [0.2, 0.25) is 5.91 Å². The van der Waals surface area contributed by atoms with E-state index in [1.807, 2.05) is 0 Å². The van der Waals surface area contributed by atoms with E-state index in [4.69, 9.17) is 0 Å². The zero-order valence-corrected chi connectivity index (χ0v) is 18.3. The third kappa shape index (κ3) is 3.51. The molecule has 2 bridgehead atoms. The lowest BCUT2D eigenvalue weighted by molar-refractivity contribution is -0.121. The number of aromatic nitrogens is 2. The minimum atomic E-state index is -0.713. The average molecular weight is 463 g/mol. The average Bonchev–Trinajstić information content (AvgIpc) is 3.45. The Morgan fingerprint density at radius 3 is 2.79 bits per heavy atom. The maximum Gasteiger partial charge on any atom is 0.274 e. The van der Waals surface area contributed by atoms with Gasteiger partial charge in [0.25, 0.3) is 11.8 Å². The van der Waals surface area contributed by atoms with Crippen LogP contribution in [0, 0.1) is 11.7 Å². The number of benzene rings is 1. The minimum Gasteiger partial charge on any atom is -0.504 e. The number of piperidine rings is 1. The lowest BCUT2D eigenvalue weighted by Crippen LogP contribution is -2.38. The summed E-state index contributed by atoms with van der Waals surface area (Å²) in [4.78, 5) is 48.3. The van der Waals surface area contributed by atoms with Gasteiger partial charge in [0.05, 0.1) is 0 Å². The SMILES string of the molecule is CNC(=O)c1cc(F)ccc1CNC(=O)c1nc(N2C(=O)[C@@H]3CC[C@H]2C3)c2cccnc2c1O. The largest absolute Gasteiger partial charge is 0.504 e. The molecular weight excluding hydrogens is 441 g/mol. The summed E-state index contributed by atoms with van der Waals surface area (Å²) < 4.78 is 13.6. The second-order valence-corrected chi connectivity index (χ2v) is 8.47. The highest BCUT2D eigenvalue weighted by atomic mass is 19.1. The molecule has 2 aromatic heterocycles. The fourth-order valence-corrected chi connectivity index (χ4v) is 4.83. The van der Waals surface area contributed by atoms with E-state index in [1.54, 1.807) is 17.0 Å². The van der Waals surface area contributed by atoms with Crippen LogP contribution in [-0.2, 0) is 11.3 Å². The molecule has 3 amide bonds. The molecule has 1 saturated carbocycles. The number of fused-ring (bicyclic) bond motifs is 3. The second kappa shape index (κ2) is 8.36. The first kappa shape index (κ1) is 21.7. The Morgan fingerprint density at radius 2 is 2.06 bits per heavy atom. The van der Waals surface area contributed by atoms with Crippen molar-refractivity contribution in [1.82, 2.24) is 20.6 Å². The number of carbonyl (C=O) groups excluding carboxylic acids is 3. The normalized spacial score (nSPS) is 19.0. The first-order valence-corrected chi connectivity index (χ1v) is 11.0. The lowest BCUT2D eigenvalue weighted by atomic mass is 10.1. The van der Waals surface area contributed by atoms with Crippen molar-refractivity contribution >= 4 is 34.4 Å². The smallest absolute Gasteiger partial charge is 0.274 e. The molecule has 0 spiro atoms. The Morgan fingerprint density at radius 1 is 1.24 bits per heavy atom. The second-order valence-electron chi connectivity index (χ2n) is 8.47. The van der Waals surface area contributed by atoms with Crippen LogP contribution in [0.1, 0.15) is 45.7 Å². The standard InChI is InChI=1S/C24H22FN5O4/c1-26-22(32)17-10-14(25)6-4-13(17)11-28-23(33)19-20(31)18-16(3-2-8-27-18)21(29-19)30-15-7-5-12(9-15)24(30)34/h2-4,6,8,10,12,15,31H,5,7,9,11H2,1H3,(H,26,32)(H,28,33)/t12-,15+/m1/s1. The Kier molecular flexibility index (Phi) is 5.35. The van der Waals surface area contributed by atoms with Crippen molar-refractivity contribution in [2.24, 2.45) is 5.92 Å². The van der Waals surface area contributed by atoms with E-state index in [0.717, 1.165) is 25.3 Å². The fourth-order valence-electron chi connectivity index (χ4n) is 4.83. The van der Waals surface area contributed by atoms with E-state index >= 15 is 0 Å². The predicted molar refractivity (Wildman–Crippen MR) is 121 cm³/mol. The Hall–Kier alpha value is -4.08. The van der Waals surface area contributed by atoms with Gasteiger partial charge in [0.15, 0.2) is 11.4 Å². The molecular formula is C24H22FN5O4. The molecule has 5 rings (SSSR count). The zero-order chi connectivity index (χ0) is 24.0. The van der Waals surface area contributed by atoms with Crippen LogP contribution in [0.15, 0.2) is 36.5 Å². The molecule has 174 valence electrons. The maximum atomic E-state index is 13.6. The third-order valence-electron chi connectivity index (χ3n) is 6.50. The number of nitrogens with zero attached hydrogens (tertiary/aromatic N) is 3. The summed E-state index contributed by atoms with van der Waals surface area (Å²) in [6, 6.07) is 7.07. The number of amides is 3. The van der Waals surface area contributed by atoms with Crippen molar-refractivity contribution < 1.29 is 23.9 Å². The summed E-state index contributed by atoms with van der Waals surface area (Å²) in [6.07, 6.45) is 3.93. The first-order chi connectivity index (χ1) is 16.4. The number of nitrogens with one attached hydrogen (secondary N) is 2. The number of rotatable bonds is 5. The van der Waals surface area contributed by atoms with Gasteiger partial charge in [-0.05, 0) is 49.1 Å². The van der Waals surface area contributed by atoms with Crippen LogP contribution in [0.4, 0.5) is 10.2 Å². The van der Waals surface area contributed by atoms with Crippen LogP contribution in [-0.4, -0.2) is 45.9 Å². The molecule has 3 aromatic rings. The van der Waals surface area contributed by atoms with Gasteiger partial charge in [-0.15, -0.1) is 0 Å². The lowest BCUT2D eigenvalue weighted by Gasteiger charge is -2.27. The molecule has 2 atom stereocenters. The number of anilines is 1. The molecule has 34 heavy (non-hydrogen) atoms. The molecule has 1 saturated heterocycles. The van der Waals surface area contributed by atoms with Crippen molar-refractivity contribution in [2.75, 3.05) is 11.9 Å². The van der Waals surface area contributed by atoms with Crippen LogP contribution in [0.2, 0.25) is 0 Å². The molecule has 1 aliphatic heterocycles. The van der Waals surface area contributed by atoms with Crippen LogP contribution in [0.3, 0.4) is 0 Å². The molecule has 10 heteroatoms. The summed E-state index contributed by atoms with van der Waals surface area (Å²) in [5.74, 6) is -1.98. The first-order valence-electron chi connectivity index (χ1n) is 11.0. The summed E-state index contributed by atoms with van der Waals surface area (Å²) in [7, 11) is 1.42. The van der Waals surface area contributed by atoms with E-state index in [2.05, 4.69) is 20.6 Å². The molecule has 3 heterocycles. The van der Waals surface area contributed by atoms with Crippen LogP contribution >= 0.6 is 0 Å². The molecule has 0 unspecified atom stereocenters. The highest BCUT2D eigenvalue weighted by Gasteiger charge is 2.46. The number of aromatic hydroxyl groups is 1. The van der Waals surface area contributed by atoms with Gasteiger partial charge >= 0.3 is 0 Å². The summed E-state index contributed by atoms with van der Waals surface area (Å²) >= 11 is 0. The van der Waals surface area contributed by atoms with Crippen molar-refractivity contribution in [2.45, 2.75) is 31.8 Å². The Labute approximate surface area is 194 Å². The van der Waals surface area contributed by atoms with Crippen molar-refractivity contribution in [3.05, 3.63) is 59.2 Å². The van der Waals surface area contributed by atoms with Gasteiger partial charge < -0.3 is 15.7 Å². The van der Waals surface area contributed by atoms with E-state index in [9.17, 15) is 23.9 Å². The van der Waals surface area contributed by atoms with Gasteiger partial charge in [0.1, 0.15) is 17.2 Å². The molecule has 3 N–H and O–H groups in total. The van der Waals surface area contributed by atoms with Crippen LogP contribution in [0.25, 0.3) is 10.9 Å². The van der Waals surface area contributed by atoms with Gasteiger partial charge in [0, 0.05) is 42.7 Å². The van der Waals surface area contributed by atoms with Gasteiger partial charge in [-0.3, -0.25) is 24.3 Å². The highest BCUT2D eigenvalue weighted by molar-refractivity contribution is 6.09. The van der Waals surface area contributed by atoms with Crippen LogP contribution in [0.5, 0.6) is 5.75 Å². The summed E-state index contributed by atoms with van der Waals surface area (Å²) in [5, 5.41) is 16.3. The Balaban J connectivity index is 1.50. The molecule has 1 aliphatic carbocycles. The van der Waals surface area contributed by atoms with Crippen molar-refractivity contribution in [1.29, 1.82) is 0 Å². The monoisotopic (exact) mass is 463 g/mol. The van der Waals surface area contributed by atoms with Gasteiger partial charge in [-0.1, -0.05) is 6.07 Å². The van der Waals surface area contributed by atoms with E-state index in [-0.39, 0.29) is 41.2 Å². The zero-order valence-electron chi connectivity index (χ0n) is 18.3. The summed E-state index contributed by atoms with van der Waals surface area (Å²) in [6.45, 7) is -0.105. The molecule has 2 fully saturated rings. The van der Waals surface area contributed by atoms with E-state index in [0.29, 0.717) is 16.8 Å². The molecule has 0 radical (unpaired) electrons. The van der Waals surface area contributed by atoms with Crippen molar-refractivity contribution in [3.8, 4) is 5.75 Å². The van der Waals surface area contributed by atoms with E-state index in [1.165, 1.54) is 25.4 Å². The predicted octanol–water partition coefficient (Wildman–Crippen LogP) is 2.28. The third-order valence-corrected chi connectivity index (χ3v) is 6.50. The number of carbonyl (C=O) groups is 3. The number of pyridine rings is 2. The topological polar surface area (TPSA) is 125 Å². The fraction of sp³-hybridized carbons (Fsp3) is 0.292. The highest BCUT2D eigenvalue weighted by Crippen LogP contribution is 2.43. The van der Waals surface area contributed by atoms with Gasteiger partial charge in [-0.25, -0.2) is 9.37 Å². The quantitative estimate of drug-likeness (QED) is 0.533. The maximum absolute atomic E-state index is 13.6. The van der Waals surface area contributed by atoms with Crippen LogP contribution < -0.4 is 15.5 Å². The van der Waals surface area contributed by atoms with Gasteiger partial charge in [-0.2, -0.15) is 0 Å². The molecule has 1 aromatic carbocycles. The van der Waals surface area contributed by atoms with Crippen molar-refractivity contribution in [3.63, 3.8) is 0 Å². The number of hydrogen-bond donors (Lipinski definition) is 3.